The van der Waals surface area contributed by atoms with Crippen molar-refractivity contribution in [3.05, 3.63) is 84.1 Å². The van der Waals surface area contributed by atoms with Crippen LogP contribution >= 0.6 is 11.8 Å². The second-order valence-electron chi connectivity index (χ2n) is 7.85. The number of aliphatic hydroxyl groups is 1. The molecule has 0 radical (unpaired) electrons. The molecule has 0 fully saturated rings. The van der Waals surface area contributed by atoms with Crippen molar-refractivity contribution in [3.8, 4) is 11.5 Å². The minimum absolute atomic E-state index is 0.112. The van der Waals surface area contributed by atoms with Crippen molar-refractivity contribution in [2.75, 3.05) is 0 Å². The number of rotatable bonds is 8. The summed E-state index contributed by atoms with van der Waals surface area (Å²) in [6.07, 6.45) is 4.23. The zero-order valence-electron chi connectivity index (χ0n) is 18.3. The highest BCUT2D eigenvalue weighted by molar-refractivity contribution is 7.99. The van der Waals surface area contributed by atoms with Crippen LogP contribution in [0.1, 0.15) is 11.1 Å². The number of hydrogen-bond donors (Lipinski definition) is 1. The lowest BCUT2D eigenvalue weighted by Gasteiger charge is -2.28. The number of benzene rings is 2. The molecule has 5 aromatic rings. The van der Waals surface area contributed by atoms with E-state index in [1.807, 2.05) is 31.2 Å². The highest BCUT2D eigenvalue weighted by atomic mass is 32.2. The van der Waals surface area contributed by atoms with Gasteiger partial charge in [0.1, 0.15) is 34.9 Å². The van der Waals surface area contributed by atoms with Gasteiger partial charge in [-0.15, -0.1) is 15.3 Å². The first-order valence-electron chi connectivity index (χ1n) is 10.4. The van der Waals surface area contributed by atoms with Gasteiger partial charge in [-0.2, -0.15) is 5.10 Å². The van der Waals surface area contributed by atoms with Gasteiger partial charge in [0.15, 0.2) is 0 Å². The summed E-state index contributed by atoms with van der Waals surface area (Å²) < 4.78 is 36.5. The smallest absolute Gasteiger partial charge is 0.283 e. The van der Waals surface area contributed by atoms with Crippen molar-refractivity contribution in [2.24, 2.45) is 0 Å². The van der Waals surface area contributed by atoms with Gasteiger partial charge in [0.25, 0.3) is 5.22 Å². The van der Waals surface area contributed by atoms with Crippen molar-refractivity contribution in [1.82, 2.24) is 40.0 Å². The van der Waals surface area contributed by atoms with Gasteiger partial charge in [-0.1, -0.05) is 29.0 Å². The minimum Gasteiger partial charge on any atom is -0.411 e. The van der Waals surface area contributed by atoms with Crippen molar-refractivity contribution < 1.29 is 18.3 Å². The lowest BCUT2D eigenvalue weighted by molar-refractivity contribution is -0.00893. The molecule has 35 heavy (non-hydrogen) atoms. The molecule has 0 spiro atoms. The van der Waals surface area contributed by atoms with Gasteiger partial charge in [-0.25, -0.2) is 23.1 Å². The van der Waals surface area contributed by atoms with Crippen LogP contribution in [0.4, 0.5) is 8.78 Å². The lowest BCUT2D eigenvalue weighted by Crippen LogP contribution is -2.37. The van der Waals surface area contributed by atoms with Crippen LogP contribution < -0.4 is 0 Å². The number of aryl methyl sites for hydroxylation is 1. The molecule has 0 aliphatic heterocycles. The molecule has 2 aromatic carbocycles. The number of halogens is 2. The Morgan fingerprint density at radius 3 is 2.69 bits per heavy atom. The Morgan fingerprint density at radius 2 is 1.91 bits per heavy atom. The summed E-state index contributed by atoms with van der Waals surface area (Å²) >= 11 is 1.09. The Balaban J connectivity index is 1.36. The Bertz CT molecular complexity index is 1460. The minimum atomic E-state index is -1.83. The fourth-order valence-corrected chi connectivity index (χ4v) is 4.21. The summed E-state index contributed by atoms with van der Waals surface area (Å²) in [4.78, 5) is 3.85. The molecule has 13 heteroatoms. The highest BCUT2D eigenvalue weighted by Gasteiger charge is 2.35. The molecule has 0 aliphatic rings. The van der Waals surface area contributed by atoms with E-state index in [0.29, 0.717) is 17.0 Å². The van der Waals surface area contributed by atoms with Crippen molar-refractivity contribution in [3.63, 3.8) is 0 Å². The monoisotopic (exact) mass is 496 g/mol. The average molecular weight is 497 g/mol. The maximum atomic E-state index is 14.6. The third-order valence-electron chi connectivity index (χ3n) is 5.13. The van der Waals surface area contributed by atoms with Crippen molar-refractivity contribution in [1.29, 1.82) is 0 Å². The van der Waals surface area contributed by atoms with E-state index >= 15 is 0 Å². The van der Waals surface area contributed by atoms with Gasteiger partial charge in [-0.3, -0.25) is 0 Å². The molecular formula is C22H18F2N8O2S. The molecule has 0 bridgehead atoms. The Kier molecular flexibility index (Phi) is 6.09. The molecule has 5 rings (SSSR count). The molecule has 0 saturated heterocycles. The zero-order valence-corrected chi connectivity index (χ0v) is 19.1. The van der Waals surface area contributed by atoms with E-state index in [4.69, 9.17) is 4.42 Å². The fourth-order valence-electron chi connectivity index (χ4n) is 3.58. The standard InChI is InChI=1S/C22H18F2N8O2S/c1-14-3-2-4-15(7-14)20-28-29-21(34-20)35-19-9-31(30-27-19)10-22(33,11-32-13-25-12-26-32)17-6-5-16(23)8-18(17)24/h2-9,12-13,33H,10-11H2,1H3. The summed E-state index contributed by atoms with van der Waals surface area (Å²) in [5.41, 5.74) is -0.0793. The molecule has 1 atom stereocenters. The van der Waals surface area contributed by atoms with Crippen LogP contribution in [0.5, 0.6) is 0 Å². The molecule has 0 amide bonds. The maximum absolute atomic E-state index is 14.6. The van der Waals surface area contributed by atoms with E-state index in [-0.39, 0.29) is 23.9 Å². The zero-order chi connectivity index (χ0) is 24.4. The molecule has 1 unspecified atom stereocenters. The Morgan fingerprint density at radius 1 is 1.06 bits per heavy atom. The van der Waals surface area contributed by atoms with Crippen LogP contribution in [-0.2, 0) is 18.7 Å². The quantitative estimate of drug-likeness (QED) is 0.345. The van der Waals surface area contributed by atoms with Gasteiger partial charge >= 0.3 is 0 Å². The summed E-state index contributed by atoms with van der Waals surface area (Å²) in [6, 6.07) is 10.7. The molecule has 3 aromatic heterocycles. The third-order valence-corrected chi connectivity index (χ3v) is 5.86. The molecule has 178 valence electrons. The van der Waals surface area contributed by atoms with E-state index in [1.165, 1.54) is 28.1 Å². The molecular weight excluding hydrogens is 478 g/mol. The number of hydrogen-bond acceptors (Lipinski definition) is 9. The van der Waals surface area contributed by atoms with E-state index in [1.54, 1.807) is 6.20 Å². The number of aromatic nitrogens is 8. The van der Waals surface area contributed by atoms with Crippen LogP contribution in [0, 0.1) is 18.6 Å². The highest BCUT2D eigenvalue weighted by Crippen LogP contribution is 2.31. The van der Waals surface area contributed by atoms with Gasteiger partial charge in [0, 0.05) is 17.2 Å². The topological polar surface area (TPSA) is 121 Å². The second kappa shape index (κ2) is 9.35. The first kappa shape index (κ1) is 22.8. The normalized spacial score (nSPS) is 13.1. The van der Waals surface area contributed by atoms with Crippen LogP contribution in [0.15, 0.2) is 76.0 Å². The van der Waals surface area contributed by atoms with Gasteiger partial charge in [-0.05, 0) is 36.9 Å². The maximum Gasteiger partial charge on any atom is 0.283 e. The third kappa shape index (κ3) is 5.10. The van der Waals surface area contributed by atoms with Crippen LogP contribution in [0.25, 0.3) is 11.5 Å². The van der Waals surface area contributed by atoms with Crippen LogP contribution in [0.2, 0.25) is 0 Å². The van der Waals surface area contributed by atoms with E-state index in [0.717, 1.165) is 29.0 Å². The van der Waals surface area contributed by atoms with Crippen molar-refractivity contribution in [2.45, 2.75) is 35.9 Å². The molecule has 0 aliphatic carbocycles. The summed E-state index contributed by atoms with van der Waals surface area (Å²) in [5, 5.41) is 32.3. The van der Waals surface area contributed by atoms with Crippen LogP contribution in [-0.4, -0.2) is 45.1 Å². The summed E-state index contributed by atoms with van der Waals surface area (Å²) in [5.74, 6) is -1.27. The van der Waals surface area contributed by atoms with E-state index < -0.39 is 17.2 Å². The lowest BCUT2D eigenvalue weighted by atomic mass is 9.93. The molecule has 10 nitrogen and oxygen atoms in total. The summed E-state index contributed by atoms with van der Waals surface area (Å²) in [6.45, 7) is 1.62. The fraction of sp³-hybridized carbons (Fsp3) is 0.182. The first-order chi connectivity index (χ1) is 16.9. The summed E-state index contributed by atoms with van der Waals surface area (Å²) in [7, 11) is 0. The van der Waals surface area contributed by atoms with Crippen molar-refractivity contribution >= 4 is 11.8 Å². The number of nitrogens with zero attached hydrogens (tertiary/aromatic N) is 8. The Hall–Kier alpha value is -3.97. The SMILES string of the molecule is Cc1cccc(-c2nnc(Sc3cn(CC(O)(Cn4cncn4)c4ccc(F)cc4F)nn3)o2)c1. The van der Waals surface area contributed by atoms with Gasteiger partial charge in [0.05, 0.1) is 19.3 Å². The van der Waals surface area contributed by atoms with E-state index in [2.05, 4.69) is 30.6 Å². The van der Waals surface area contributed by atoms with Crippen LogP contribution in [0.3, 0.4) is 0 Å². The predicted molar refractivity (Wildman–Crippen MR) is 119 cm³/mol. The predicted octanol–water partition coefficient (Wildman–Crippen LogP) is 3.25. The largest absolute Gasteiger partial charge is 0.411 e. The average Bonchev–Trinajstić information content (AvgIpc) is 3.57. The second-order valence-corrected chi connectivity index (χ2v) is 8.82. The molecule has 3 heterocycles. The first-order valence-corrected chi connectivity index (χ1v) is 11.2. The van der Waals surface area contributed by atoms with Gasteiger partial charge < -0.3 is 9.52 Å². The Labute approximate surface area is 201 Å². The molecule has 0 saturated carbocycles. The van der Waals surface area contributed by atoms with Gasteiger partial charge in [0.2, 0.25) is 5.89 Å². The molecule has 1 N–H and O–H groups in total. The van der Waals surface area contributed by atoms with E-state index in [9.17, 15) is 13.9 Å².